The number of allylic oxidation sites excluding steroid dienone is 10. The first-order chi connectivity index (χ1) is 25.9. The van der Waals surface area contributed by atoms with E-state index in [2.05, 4.69) is 104 Å². The maximum absolute atomic E-state index is 14.7. The largest absolute Gasteiger partial charge is 0.482 e. The zero-order valence-corrected chi connectivity index (χ0v) is 33.5. The Balaban J connectivity index is 1.38. The van der Waals surface area contributed by atoms with Crippen LogP contribution in [0.15, 0.2) is 118 Å². The summed E-state index contributed by atoms with van der Waals surface area (Å²) in [6.07, 6.45) is 22.4. The van der Waals surface area contributed by atoms with E-state index in [1.165, 1.54) is 22.3 Å². The number of benzene rings is 3. The van der Waals surface area contributed by atoms with Crippen LogP contribution in [0.4, 0.5) is 0 Å². The van der Waals surface area contributed by atoms with Crippen LogP contribution in [-0.4, -0.2) is 23.3 Å². The second kappa shape index (κ2) is 16.6. The lowest BCUT2D eigenvalue weighted by Crippen LogP contribution is -2.36. The van der Waals surface area contributed by atoms with Gasteiger partial charge in [-0.05, 0) is 119 Å². The molecule has 2 unspecified atom stereocenters. The van der Waals surface area contributed by atoms with Crippen LogP contribution in [-0.2, 0) is 0 Å². The molecule has 0 saturated heterocycles. The van der Waals surface area contributed by atoms with Crippen LogP contribution in [0.2, 0.25) is 0 Å². The summed E-state index contributed by atoms with van der Waals surface area (Å²) in [7, 11) is 0. The number of ether oxygens (including phenoxy) is 2. The molecule has 0 fully saturated rings. The fourth-order valence-electron chi connectivity index (χ4n) is 7.79. The Morgan fingerprint density at radius 1 is 0.667 bits per heavy atom. The number of hydrogen-bond donors (Lipinski definition) is 0. The fraction of sp³-hybridized carbons (Fsp3) is 0.360. The molecule has 0 aromatic heterocycles. The molecule has 1 aliphatic carbocycles. The number of fused-ring (bicyclic) bond motifs is 8. The molecule has 2 aliphatic heterocycles. The first-order valence-corrected chi connectivity index (χ1v) is 19.7. The van der Waals surface area contributed by atoms with Crippen molar-refractivity contribution < 1.29 is 19.1 Å². The van der Waals surface area contributed by atoms with Gasteiger partial charge in [0.2, 0.25) is 0 Å². The van der Waals surface area contributed by atoms with Gasteiger partial charge in [0.15, 0.2) is 11.6 Å². The Labute approximate surface area is 322 Å². The summed E-state index contributed by atoms with van der Waals surface area (Å²) in [5.41, 5.74) is 9.16. The molecule has 54 heavy (non-hydrogen) atoms. The van der Waals surface area contributed by atoms with E-state index in [1.807, 2.05) is 30.3 Å². The molecule has 3 aliphatic rings. The lowest BCUT2D eigenvalue weighted by Gasteiger charge is -2.37. The lowest BCUT2D eigenvalue weighted by atomic mass is 9.75. The number of ketones is 2. The van der Waals surface area contributed by atoms with Crippen molar-refractivity contribution in [2.24, 2.45) is 0 Å². The average Bonchev–Trinajstić information content (AvgIpc) is 3.13. The topological polar surface area (TPSA) is 52.6 Å². The third-order valence-electron chi connectivity index (χ3n) is 10.8. The van der Waals surface area contributed by atoms with E-state index >= 15 is 0 Å². The quantitative estimate of drug-likeness (QED) is 0.165. The maximum Gasteiger partial charge on any atom is 0.195 e. The maximum atomic E-state index is 14.7. The minimum atomic E-state index is -0.702. The normalized spacial score (nSPS) is 19.4. The van der Waals surface area contributed by atoms with Gasteiger partial charge in [-0.15, -0.1) is 0 Å². The zero-order valence-electron chi connectivity index (χ0n) is 33.5. The Morgan fingerprint density at radius 2 is 1.20 bits per heavy atom. The predicted molar refractivity (Wildman–Crippen MR) is 226 cm³/mol. The van der Waals surface area contributed by atoms with Gasteiger partial charge in [0.25, 0.3) is 0 Å². The van der Waals surface area contributed by atoms with E-state index in [0.29, 0.717) is 33.6 Å². The van der Waals surface area contributed by atoms with Gasteiger partial charge in [0.1, 0.15) is 23.2 Å². The minimum absolute atomic E-state index is 0.149. The summed E-state index contributed by atoms with van der Waals surface area (Å²) >= 11 is 0. The predicted octanol–water partition coefficient (Wildman–Crippen LogP) is 13.5. The summed E-state index contributed by atoms with van der Waals surface area (Å²) < 4.78 is 13.9. The minimum Gasteiger partial charge on any atom is -0.482 e. The summed E-state index contributed by atoms with van der Waals surface area (Å²) in [6.45, 7) is 17.2. The number of Topliss-reactive ketones (excluding diaryl/α,β-unsaturated/α-hetero) is 2. The van der Waals surface area contributed by atoms with Crippen LogP contribution in [0.25, 0.3) is 22.4 Å². The summed E-state index contributed by atoms with van der Waals surface area (Å²) in [6, 6.07) is 15.3. The average molecular weight is 721 g/mol. The number of hydrogen-bond acceptors (Lipinski definition) is 4. The highest BCUT2D eigenvalue weighted by Crippen LogP contribution is 2.53. The molecule has 0 spiro atoms. The molecule has 0 amide bonds. The van der Waals surface area contributed by atoms with E-state index < -0.39 is 11.7 Å². The van der Waals surface area contributed by atoms with Crippen molar-refractivity contribution in [1.29, 1.82) is 0 Å². The molecule has 3 aromatic carbocycles. The first-order valence-electron chi connectivity index (χ1n) is 19.7. The molecule has 3 aromatic rings. The van der Waals surface area contributed by atoms with E-state index in [1.54, 1.807) is 12.1 Å². The molecule has 4 heteroatoms. The van der Waals surface area contributed by atoms with Gasteiger partial charge < -0.3 is 9.47 Å². The Bertz CT molecular complexity index is 2190. The van der Waals surface area contributed by atoms with Crippen LogP contribution in [0.5, 0.6) is 11.5 Å². The van der Waals surface area contributed by atoms with Crippen molar-refractivity contribution in [2.75, 3.05) is 0 Å². The van der Waals surface area contributed by atoms with E-state index in [9.17, 15) is 9.59 Å². The molecule has 2 heterocycles. The van der Waals surface area contributed by atoms with Crippen molar-refractivity contribution >= 4 is 34.0 Å². The summed E-state index contributed by atoms with van der Waals surface area (Å²) in [5.74, 6) is 1.04. The number of carbonyl (C=O) groups excluding carboxylic acids is 2. The zero-order chi connectivity index (χ0) is 38.6. The monoisotopic (exact) mass is 720 g/mol. The molecule has 6 rings (SSSR count). The van der Waals surface area contributed by atoms with Gasteiger partial charge in [0.05, 0.1) is 5.57 Å². The van der Waals surface area contributed by atoms with Gasteiger partial charge in [0, 0.05) is 38.6 Å². The van der Waals surface area contributed by atoms with Gasteiger partial charge in [-0.2, -0.15) is 0 Å². The molecule has 0 saturated carbocycles. The lowest BCUT2D eigenvalue weighted by molar-refractivity contribution is 0.0967. The number of rotatable bonds is 13. The van der Waals surface area contributed by atoms with Gasteiger partial charge in [-0.3, -0.25) is 9.59 Å². The van der Waals surface area contributed by atoms with Gasteiger partial charge in [-0.1, -0.05) is 107 Å². The summed E-state index contributed by atoms with van der Waals surface area (Å²) in [4.78, 5) is 29.1. The van der Waals surface area contributed by atoms with Crippen molar-refractivity contribution in [3.05, 3.63) is 141 Å². The third kappa shape index (κ3) is 8.39. The van der Waals surface area contributed by atoms with E-state index in [4.69, 9.17) is 9.47 Å². The highest BCUT2D eigenvalue weighted by Gasteiger charge is 2.44. The Kier molecular flexibility index (Phi) is 11.9. The second-order valence-electron chi connectivity index (χ2n) is 16.1. The van der Waals surface area contributed by atoms with Crippen LogP contribution < -0.4 is 9.47 Å². The van der Waals surface area contributed by atoms with Crippen LogP contribution in [0.1, 0.15) is 139 Å². The standard InChI is InChI=1S/C50H56O4/c1-32(2)17-13-19-34(5)21-15-22-36(7)31-42-44-45(47(52)38-25-10-9-24-37(38)46(44)51)43-41-28-30-50(8,29-16-23-35(6)20-14-18-33(3)4)54-48(41)39-26-11-12-27-40(39)49(43)53-42/h9-12,17-18,21,23-28,30-31,42H,13-16,19-20,22,29H2,1-8H3/b34-21+,35-23+,36-31+. The van der Waals surface area contributed by atoms with Crippen molar-refractivity contribution in [3.63, 3.8) is 0 Å². The molecule has 0 radical (unpaired) electrons. The van der Waals surface area contributed by atoms with Crippen LogP contribution in [0, 0.1) is 0 Å². The SMILES string of the molecule is CC(C)=CCC/C(C)=C/CC/C(C)=C/C1Oc2c(c3c(c4ccccc24)OC(C)(CC/C=C(\C)CCC=C(C)C)C=C3)C2=C1C(=O)c1ccccc1C2=O. The van der Waals surface area contributed by atoms with E-state index in [0.717, 1.165) is 79.0 Å². The Hall–Kier alpha value is -4.96. The smallest absolute Gasteiger partial charge is 0.195 e. The third-order valence-corrected chi connectivity index (χ3v) is 10.8. The van der Waals surface area contributed by atoms with E-state index in [-0.39, 0.29) is 11.6 Å². The summed E-state index contributed by atoms with van der Waals surface area (Å²) in [5, 5.41) is 1.80. The van der Waals surface area contributed by atoms with Crippen LogP contribution >= 0.6 is 0 Å². The molecular formula is C50H56O4. The first kappa shape index (κ1) is 38.8. The number of carbonyl (C=O) groups is 2. The van der Waals surface area contributed by atoms with Gasteiger partial charge >= 0.3 is 0 Å². The molecule has 280 valence electrons. The fourth-order valence-corrected chi connectivity index (χ4v) is 7.79. The molecule has 0 N–H and O–H groups in total. The van der Waals surface area contributed by atoms with Crippen molar-refractivity contribution in [1.82, 2.24) is 0 Å². The van der Waals surface area contributed by atoms with Gasteiger partial charge in [-0.25, -0.2) is 0 Å². The Morgan fingerprint density at radius 3 is 1.83 bits per heavy atom. The molecule has 0 bridgehead atoms. The van der Waals surface area contributed by atoms with Crippen molar-refractivity contribution in [2.45, 2.75) is 118 Å². The highest BCUT2D eigenvalue weighted by molar-refractivity contribution is 6.42. The second-order valence-corrected chi connectivity index (χ2v) is 16.1. The highest BCUT2D eigenvalue weighted by atomic mass is 16.5. The van der Waals surface area contributed by atoms with Crippen molar-refractivity contribution in [3.8, 4) is 11.5 Å². The molecular weight excluding hydrogens is 665 g/mol. The molecule has 4 nitrogen and oxygen atoms in total. The van der Waals surface area contributed by atoms with Crippen LogP contribution in [0.3, 0.4) is 0 Å². The molecule has 2 atom stereocenters.